The smallest absolute Gasteiger partial charge is 0.123 e. The van der Waals surface area contributed by atoms with E-state index in [0.29, 0.717) is 0 Å². The van der Waals surface area contributed by atoms with Gasteiger partial charge in [-0.1, -0.05) is 38.1 Å². The number of hydrogen-bond acceptors (Lipinski definition) is 2. The molecular weight excluding hydrogens is 320 g/mol. The minimum absolute atomic E-state index is 0.0911. The van der Waals surface area contributed by atoms with Gasteiger partial charge in [-0.15, -0.1) is 0 Å². The largest absolute Gasteiger partial charge is 0.491 e. The minimum atomic E-state index is -0.189. The van der Waals surface area contributed by atoms with E-state index in [-0.39, 0.29) is 17.1 Å². The molecule has 0 atom stereocenters. The fourth-order valence-electron chi connectivity index (χ4n) is 3.07. The van der Waals surface area contributed by atoms with Gasteiger partial charge in [-0.05, 0) is 82.9 Å². The normalized spacial score (nSPS) is 12.4. The van der Waals surface area contributed by atoms with Crippen LogP contribution in [0.3, 0.4) is 0 Å². The molecule has 0 N–H and O–H groups in total. The molecular formula is C24H34O2. The first-order chi connectivity index (χ1) is 11.9. The average molecular weight is 355 g/mol. The van der Waals surface area contributed by atoms with Crippen molar-refractivity contribution < 1.29 is 9.47 Å². The molecule has 2 heteroatoms. The lowest BCUT2D eigenvalue weighted by molar-refractivity contribution is 0.130. The van der Waals surface area contributed by atoms with Gasteiger partial charge in [0, 0.05) is 5.41 Å². The van der Waals surface area contributed by atoms with Gasteiger partial charge in [0.25, 0.3) is 0 Å². The first kappa shape index (κ1) is 20.4. The van der Waals surface area contributed by atoms with E-state index in [2.05, 4.69) is 98.7 Å². The Morgan fingerprint density at radius 3 is 1.58 bits per heavy atom. The molecule has 0 radical (unpaired) electrons. The van der Waals surface area contributed by atoms with Crippen molar-refractivity contribution in [3.8, 4) is 11.5 Å². The molecule has 0 unspecified atom stereocenters. The first-order valence-corrected chi connectivity index (χ1v) is 9.48. The van der Waals surface area contributed by atoms with Crippen LogP contribution in [0.25, 0.3) is 0 Å². The minimum Gasteiger partial charge on any atom is -0.491 e. The molecule has 2 aromatic carbocycles. The Morgan fingerprint density at radius 2 is 1.19 bits per heavy atom. The Kier molecular flexibility index (Phi) is 5.75. The lowest BCUT2D eigenvalue weighted by atomic mass is 9.77. The number of rotatable bonds is 5. The van der Waals surface area contributed by atoms with Crippen LogP contribution in [0.1, 0.15) is 70.7 Å². The Balaban J connectivity index is 2.35. The fourth-order valence-corrected chi connectivity index (χ4v) is 3.07. The first-order valence-electron chi connectivity index (χ1n) is 9.48. The van der Waals surface area contributed by atoms with Crippen molar-refractivity contribution in [3.63, 3.8) is 0 Å². The van der Waals surface area contributed by atoms with Crippen molar-refractivity contribution in [3.05, 3.63) is 58.7 Å². The molecule has 0 aliphatic carbocycles. The van der Waals surface area contributed by atoms with Crippen molar-refractivity contribution in [2.75, 3.05) is 0 Å². The molecule has 0 aromatic heterocycles. The van der Waals surface area contributed by atoms with Crippen LogP contribution in [0.15, 0.2) is 36.4 Å². The maximum absolute atomic E-state index is 6.06. The summed E-state index contributed by atoms with van der Waals surface area (Å²) in [5.74, 6) is 1.92. The quantitative estimate of drug-likeness (QED) is 0.602. The molecule has 26 heavy (non-hydrogen) atoms. The highest BCUT2D eigenvalue weighted by Crippen LogP contribution is 2.36. The third kappa shape index (κ3) is 4.81. The highest BCUT2D eigenvalue weighted by molar-refractivity contribution is 5.47. The van der Waals surface area contributed by atoms with Crippen LogP contribution < -0.4 is 9.47 Å². The molecule has 0 fully saturated rings. The van der Waals surface area contributed by atoms with E-state index in [1.807, 2.05) is 0 Å². The molecule has 0 heterocycles. The Hall–Kier alpha value is -1.96. The third-order valence-electron chi connectivity index (χ3n) is 4.57. The van der Waals surface area contributed by atoms with E-state index < -0.39 is 0 Å². The topological polar surface area (TPSA) is 18.5 Å². The summed E-state index contributed by atoms with van der Waals surface area (Å²) in [5, 5.41) is 0. The summed E-state index contributed by atoms with van der Waals surface area (Å²) in [7, 11) is 0. The van der Waals surface area contributed by atoms with Gasteiger partial charge >= 0.3 is 0 Å². The summed E-state index contributed by atoms with van der Waals surface area (Å²) in [4.78, 5) is 0. The van der Waals surface area contributed by atoms with E-state index in [0.717, 1.165) is 11.5 Å². The van der Waals surface area contributed by atoms with Crippen molar-refractivity contribution in [1.82, 2.24) is 0 Å². The standard InChI is InChI=1S/C24H34O2/c1-16(2)25-21-12-10-19(14-17(21)3)24(8,9)20-11-13-22(18(4)15-20)26-23(5,6)7/h10-16H,1-9H3. The van der Waals surface area contributed by atoms with Crippen LogP contribution in [-0.2, 0) is 5.41 Å². The lowest BCUT2D eigenvalue weighted by Gasteiger charge is -2.29. The van der Waals surface area contributed by atoms with Crippen LogP contribution in [0.5, 0.6) is 11.5 Å². The van der Waals surface area contributed by atoms with Crippen molar-refractivity contribution in [2.24, 2.45) is 0 Å². The average Bonchev–Trinajstić information content (AvgIpc) is 2.49. The summed E-state index contributed by atoms with van der Waals surface area (Å²) in [5.41, 5.74) is 4.64. The van der Waals surface area contributed by atoms with Gasteiger partial charge in [0.2, 0.25) is 0 Å². The van der Waals surface area contributed by atoms with Gasteiger partial charge in [0.1, 0.15) is 17.1 Å². The zero-order valence-electron chi connectivity index (χ0n) is 17.9. The summed E-state index contributed by atoms with van der Waals surface area (Å²) in [6.07, 6.45) is 0.186. The summed E-state index contributed by atoms with van der Waals surface area (Å²) < 4.78 is 11.9. The predicted molar refractivity (Wildman–Crippen MR) is 111 cm³/mol. The van der Waals surface area contributed by atoms with Gasteiger partial charge in [-0.25, -0.2) is 0 Å². The monoisotopic (exact) mass is 354 g/mol. The molecule has 0 aliphatic rings. The van der Waals surface area contributed by atoms with Crippen LogP contribution in [0.2, 0.25) is 0 Å². The molecule has 0 saturated heterocycles. The number of ether oxygens (including phenoxy) is 2. The van der Waals surface area contributed by atoms with Gasteiger partial charge < -0.3 is 9.47 Å². The lowest BCUT2D eigenvalue weighted by Crippen LogP contribution is -2.24. The van der Waals surface area contributed by atoms with E-state index in [1.54, 1.807) is 0 Å². The molecule has 0 saturated carbocycles. The Bertz CT molecular complexity index is 764. The predicted octanol–water partition coefficient (Wildman–Crippen LogP) is 6.59. The second-order valence-electron chi connectivity index (χ2n) is 8.97. The second kappa shape index (κ2) is 7.34. The number of benzene rings is 2. The van der Waals surface area contributed by atoms with Crippen molar-refractivity contribution >= 4 is 0 Å². The molecule has 2 aromatic rings. The molecule has 0 bridgehead atoms. The highest BCUT2D eigenvalue weighted by atomic mass is 16.5. The van der Waals surface area contributed by atoms with E-state index in [4.69, 9.17) is 9.47 Å². The van der Waals surface area contributed by atoms with Gasteiger partial charge in [-0.3, -0.25) is 0 Å². The van der Waals surface area contributed by atoms with Crippen LogP contribution in [0.4, 0.5) is 0 Å². The van der Waals surface area contributed by atoms with Gasteiger partial charge in [0.05, 0.1) is 6.10 Å². The van der Waals surface area contributed by atoms with Crippen molar-refractivity contribution in [1.29, 1.82) is 0 Å². The maximum Gasteiger partial charge on any atom is 0.123 e. The molecule has 2 rings (SSSR count). The molecule has 0 spiro atoms. The highest BCUT2D eigenvalue weighted by Gasteiger charge is 2.25. The van der Waals surface area contributed by atoms with E-state index >= 15 is 0 Å². The number of aryl methyl sites for hydroxylation is 2. The summed E-state index contributed by atoms with van der Waals surface area (Å²) in [6.45, 7) is 19.1. The van der Waals surface area contributed by atoms with E-state index in [9.17, 15) is 0 Å². The third-order valence-corrected chi connectivity index (χ3v) is 4.57. The number of hydrogen-bond donors (Lipinski definition) is 0. The summed E-state index contributed by atoms with van der Waals surface area (Å²) in [6, 6.07) is 13.0. The Labute approximate surface area is 159 Å². The van der Waals surface area contributed by atoms with Crippen LogP contribution >= 0.6 is 0 Å². The van der Waals surface area contributed by atoms with Gasteiger partial charge in [-0.2, -0.15) is 0 Å². The summed E-state index contributed by atoms with van der Waals surface area (Å²) >= 11 is 0. The molecule has 142 valence electrons. The van der Waals surface area contributed by atoms with Crippen LogP contribution in [0, 0.1) is 13.8 Å². The van der Waals surface area contributed by atoms with E-state index in [1.165, 1.54) is 22.3 Å². The zero-order chi connectivity index (χ0) is 19.7. The molecule has 2 nitrogen and oxygen atoms in total. The molecule has 0 aliphatic heterocycles. The second-order valence-corrected chi connectivity index (χ2v) is 8.97. The van der Waals surface area contributed by atoms with Gasteiger partial charge in [0.15, 0.2) is 0 Å². The Morgan fingerprint density at radius 1 is 0.731 bits per heavy atom. The van der Waals surface area contributed by atoms with Crippen LogP contribution in [-0.4, -0.2) is 11.7 Å². The fraction of sp³-hybridized carbons (Fsp3) is 0.500. The maximum atomic E-state index is 6.06. The SMILES string of the molecule is Cc1cc(C(C)(C)c2ccc(OC(C)(C)C)c(C)c2)ccc1OC(C)C. The molecule has 0 amide bonds. The van der Waals surface area contributed by atoms with Crippen molar-refractivity contribution in [2.45, 2.75) is 79.4 Å². The zero-order valence-corrected chi connectivity index (χ0v) is 17.9.